The fraction of sp³-hybridized carbons (Fsp3) is 0.286. The number of fused-ring (bicyclic) bond motifs is 1. The van der Waals surface area contributed by atoms with Gasteiger partial charge < -0.3 is 5.73 Å². The molecule has 3 N–H and O–H groups in total. The third-order valence-electron chi connectivity index (χ3n) is 3.26. The zero-order valence-electron chi connectivity index (χ0n) is 11.9. The Balaban J connectivity index is 2.34. The van der Waals surface area contributed by atoms with Gasteiger partial charge in [-0.3, -0.25) is 5.10 Å². The standard InChI is InChI=1S/C14H15F2N5/c1-14(2,3)11-10-12(17)18-19-13(10)21(20-11)9-5-4-7(15)6-8(9)16/h4-6H,1-3H3,(H3,17,18,19). The number of nitrogens with two attached hydrogens (primary N) is 1. The molecule has 0 radical (unpaired) electrons. The summed E-state index contributed by atoms with van der Waals surface area (Å²) in [4.78, 5) is 0. The van der Waals surface area contributed by atoms with Gasteiger partial charge in [-0.1, -0.05) is 20.8 Å². The second-order valence-electron chi connectivity index (χ2n) is 5.94. The number of anilines is 1. The van der Waals surface area contributed by atoms with Crippen molar-refractivity contribution in [2.75, 3.05) is 5.73 Å². The smallest absolute Gasteiger partial charge is 0.186 e. The number of nitrogens with zero attached hydrogens (tertiary/aromatic N) is 3. The summed E-state index contributed by atoms with van der Waals surface area (Å²) in [5, 5.41) is 11.9. The zero-order chi connectivity index (χ0) is 15.4. The second kappa shape index (κ2) is 4.28. The van der Waals surface area contributed by atoms with Gasteiger partial charge in [-0.2, -0.15) is 10.2 Å². The number of benzene rings is 1. The molecule has 3 aromatic rings. The second-order valence-corrected chi connectivity index (χ2v) is 5.94. The molecule has 0 saturated carbocycles. The molecule has 21 heavy (non-hydrogen) atoms. The maximum absolute atomic E-state index is 14.0. The normalized spacial score (nSPS) is 12.2. The monoisotopic (exact) mass is 291 g/mol. The Kier molecular flexibility index (Phi) is 2.76. The molecule has 0 atom stereocenters. The highest BCUT2D eigenvalue weighted by molar-refractivity contribution is 5.90. The first-order valence-electron chi connectivity index (χ1n) is 6.47. The fourth-order valence-corrected chi connectivity index (χ4v) is 2.28. The number of H-pyrrole nitrogens is 1. The number of halogens is 2. The van der Waals surface area contributed by atoms with E-state index in [0.29, 0.717) is 22.5 Å². The van der Waals surface area contributed by atoms with Crippen LogP contribution in [-0.4, -0.2) is 20.0 Å². The predicted molar refractivity (Wildman–Crippen MR) is 76.2 cm³/mol. The molecule has 2 heterocycles. The summed E-state index contributed by atoms with van der Waals surface area (Å²) in [7, 11) is 0. The minimum Gasteiger partial charge on any atom is -0.383 e. The highest BCUT2D eigenvalue weighted by atomic mass is 19.1. The van der Waals surface area contributed by atoms with E-state index in [-0.39, 0.29) is 11.1 Å². The Morgan fingerprint density at radius 1 is 1.24 bits per heavy atom. The van der Waals surface area contributed by atoms with Crippen molar-refractivity contribution in [2.45, 2.75) is 26.2 Å². The van der Waals surface area contributed by atoms with Crippen molar-refractivity contribution in [2.24, 2.45) is 0 Å². The lowest BCUT2D eigenvalue weighted by Gasteiger charge is -2.15. The molecule has 3 rings (SSSR count). The Morgan fingerprint density at radius 3 is 2.57 bits per heavy atom. The van der Waals surface area contributed by atoms with Crippen LogP contribution in [-0.2, 0) is 5.41 Å². The Morgan fingerprint density at radius 2 is 1.95 bits per heavy atom. The number of nitrogens with one attached hydrogen (secondary N) is 1. The summed E-state index contributed by atoms with van der Waals surface area (Å²) in [6.07, 6.45) is 0. The van der Waals surface area contributed by atoms with Crippen LogP contribution in [0.4, 0.5) is 14.6 Å². The average molecular weight is 291 g/mol. The predicted octanol–water partition coefficient (Wildman–Crippen LogP) is 2.91. The number of aromatic amines is 1. The molecule has 0 aliphatic rings. The molecular formula is C14H15F2N5. The van der Waals surface area contributed by atoms with Crippen molar-refractivity contribution < 1.29 is 8.78 Å². The minimum atomic E-state index is -0.707. The highest BCUT2D eigenvalue weighted by Crippen LogP contribution is 2.33. The summed E-state index contributed by atoms with van der Waals surface area (Å²) < 4.78 is 28.4. The Hall–Kier alpha value is -2.44. The van der Waals surface area contributed by atoms with Crippen LogP contribution in [0, 0.1) is 11.6 Å². The molecule has 2 aromatic heterocycles. The molecule has 0 amide bonds. The van der Waals surface area contributed by atoms with Gasteiger partial charge in [-0.25, -0.2) is 13.5 Å². The van der Waals surface area contributed by atoms with Crippen LogP contribution < -0.4 is 5.73 Å². The van der Waals surface area contributed by atoms with Gasteiger partial charge >= 0.3 is 0 Å². The number of nitrogen functional groups attached to an aromatic ring is 1. The topological polar surface area (TPSA) is 72.5 Å². The molecule has 0 saturated heterocycles. The van der Waals surface area contributed by atoms with Crippen molar-refractivity contribution in [3.63, 3.8) is 0 Å². The maximum atomic E-state index is 14.0. The first-order valence-corrected chi connectivity index (χ1v) is 6.47. The van der Waals surface area contributed by atoms with Crippen molar-refractivity contribution in [1.29, 1.82) is 0 Å². The van der Waals surface area contributed by atoms with Gasteiger partial charge in [0, 0.05) is 11.5 Å². The third-order valence-corrected chi connectivity index (χ3v) is 3.26. The average Bonchev–Trinajstić information content (AvgIpc) is 2.90. The van der Waals surface area contributed by atoms with E-state index >= 15 is 0 Å². The molecule has 0 aliphatic heterocycles. The summed E-state index contributed by atoms with van der Waals surface area (Å²) in [5.74, 6) is -0.970. The van der Waals surface area contributed by atoms with E-state index in [4.69, 9.17) is 5.73 Å². The minimum absolute atomic E-state index is 0.128. The van der Waals surface area contributed by atoms with Gasteiger partial charge in [0.2, 0.25) is 0 Å². The van der Waals surface area contributed by atoms with Crippen molar-refractivity contribution in [3.8, 4) is 5.69 Å². The third kappa shape index (κ3) is 2.05. The molecule has 0 unspecified atom stereocenters. The van der Waals surface area contributed by atoms with Gasteiger partial charge in [0.25, 0.3) is 0 Å². The molecule has 5 nitrogen and oxygen atoms in total. The summed E-state index contributed by atoms with van der Waals surface area (Å²) >= 11 is 0. The van der Waals surface area contributed by atoms with Crippen molar-refractivity contribution in [3.05, 3.63) is 35.5 Å². The van der Waals surface area contributed by atoms with E-state index in [1.54, 1.807) is 0 Å². The molecule has 0 spiro atoms. The number of hydrogen-bond acceptors (Lipinski definition) is 3. The lowest BCUT2D eigenvalue weighted by Crippen LogP contribution is -2.14. The molecule has 0 bridgehead atoms. The summed E-state index contributed by atoms with van der Waals surface area (Å²) in [6.45, 7) is 5.94. The number of aromatic nitrogens is 4. The molecular weight excluding hydrogens is 276 g/mol. The van der Waals surface area contributed by atoms with Crippen LogP contribution >= 0.6 is 0 Å². The first kappa shape index (κ1) is 13.5. The molecule has 0 aliphatic carbocycles. The largest absolute Gasteiger partial charge is 0.383 e. The summed E-state index contributed by atoms with van der Waals surface area (Å²) in [5.41, 5.74) is 6.86. The zero-order valence-corrected chi connectivity index (χ0v) is 11.9. The number of hydrogen-bond donors (Lipinski definition) is 2. The van der Waals surface area contributed by atoms with Crippen LogP contribution in [0.5, 0.6) is 0 Å². The van der Waals surface area contributed by atoms with Crippen LogP contribution in [0.3, 0.4) is 0 Å². The van der Waals surface area contributed by atoms with Gasteiger partial charge in [0.1, 0.15) is 17.3 Å². The van der Waals surface area contributed by atoms with E-state index in [1.807, 2.05) is 20.8 Å². The van der Waals surface area contributed by atoms with E-state index in [0.717, 1.165) is 6.07 Å². The lowest BCUT2D eigenvalue weighted by molar-refractivity contribution is 0.553. The lowest BCUT2D eigenvalue weighted by atomic mass is 9.91. The van der Waals surface area contributed by atoms with Crippen molar-refractivity contribution in [1.82, 2.24) is 20.0 Å². The van der Waals surface area contributed by atoms with E-state index < -0.39 is 11.6 Å². The highest BCUT2D eigenvalue weighted by Gasteiger charge is 2.27. The van der Waals surface area contributed by atoms with E-state index in [1.165, 1.54) is 16.8 Å². The van der Waals surface area contributed by atoms with Gasteiger partial charge in [-0.05, 0) is 12.1 Å². The van der Waals surface area contributed by atoms with Crippen LogP contribution in [0.25, 0.3) is 16.7 Å². The summed E-state index contributed by atoms with van der Waals surface area (Å²) in [6, 6.07) is 3.32. The number of rotatable bonds is 1. The quantitative estimate of drug-likeness (QED) is 0.724. The maximum Gasteiger partial charge on any atom is 0.186 e. The van der Waals surface area contributed by atoms with Crippen LogP contribution in [0.2, 0.25) is 0 Å². The van der Waals surface area contributed by atoms with E-state index in [9.17, 15) is 8.78 Å². The fourth-order valence-electron chi connectivity index (χ4n) is 2.28. The van der Waals surface area contributed by atoms with Crippen LogP contribution in [0.15, 0.2) is 18.2 Å². The van der Waals surface area contributed by atoms with E-state index in [2.05, 4.69) is 15.3 Å². The first-order chi connectivity index (χ1) is 9.79. The molecule has 0 fully saturated rings. The SMILES string of the molecule is CC(C)(C)c1nn(-c2ccc(F)cc2F)c2n[nH]c(N)c12. The van der Waals surface area contributed by atoms with Crippen molar-refractivity contribution >= 4 is 16.9 Å². The molecule has 110 valence electrons. The van der Waals surface area contributed by atoms with Gasteiger partial charge in [0.05, 0.1) is 11.1 Å². The van der Waals surface area contributed by atoms with Gasteiger partial charge in [-0.15, -0.1) is 0 Å². The van der Waals surface area contributed by atoms with Gasteiger partial charge in [0.15, 0.2) is 11.5 Å². The Bertz CT molecular complexity index is 826. The molecule has 1 aromatic carbocycles. The van der Waals surface area contributed by atoms with Crippen LogP contribution in [0.1, 0.15) is 26.5 Å². The Labute approximate surface area is 119 Å². The molecule has 7 heteroatoms.